The summed E-state index contributed by atoms with van der Waals surface area (Å²) in [6.45, 7) is 4.53. The van der Waals surface area contributed by atoms with Gasteiger partial charge in [0.25, 0.3) is 0 Å². The molecule has 3 unspecified atom stereocenters. The maximum atomic E-state index is 13.7. The molecule has 260 valence electrons. The fourth-order valence-electron chi connectivity index (χ4n) is 7.09. The van der Waals surface area contributed by atoms with Crippen LogP contribution in [-0.2, 0) is 29.4 Å². The predicted molar refractivity (Wildman–Crippen MR) is 190 cm³/mol. The van der Waals surface area contributed by atoms with E-state index in [1.807, 2.05) is 109 Å². The maximum absolute atomic E-state index is 13.7. The molecule has 0 fully saturated rings. The van der Waals surface area contributed by atoms with Crippen LogP contribution in [-0.4, -0.2) is 56.7 Å². The second-order valence-electron chi connectivity index (χ2n) is 12.3. The van der Waals surface area contributed by atoms with Crippen molar-refractivity contribution in [2.75, 3.05) is 39.6 Å². The van der Waals surface area contributed by atoms with Crippen molar-refractivity contribution in [3.63, 3.8) is 0 Å². The van der Waals surface area contributed by atoms with Crippen molar-refractivity contribution in [1.29, 1.82) is 0 Å². The SMILES string of the molecule is C=CC(=O)OCCOCCOc1ccc(OCCOC(=O)C2CC3c4ccccc4C2(O)c2ccc(Oc4ccccc4)cc23)c2ccccc12. The van der Waals surface area contributed by atoms with Crippen molar-refractivity contribution in [1.82, 2.24) is 0 Å². The zero-order chi connectivity index (χ0) is 35.2. The van der Waals surface area contributed by atoms with E-state index in [0.29, 0.717) is 42.4 Å². The molecule has 9 nitrogen and oxygen atoms in total. The van der Waals surface area contributed by atoms with E-state index in [4.69, 9.17) is 28.4 Å². The summed E-state index contributed by atoms with van der Waals surface area (Å²) in [4.78, 5) is 24.8. The van der Waals surface area contributed by atoms with Gasteiger partial charge in [0.05, 0.1) is 19.1 Å². The number of esters is 2. The van der Waals surface area contributed by atoms with E-state index in [-0.39, 0.29) is 32.3 Å². The number of fused-ring (bicyclic) bond motifs is 2. The van der Waals surface area contributed by atoms with Gasteiger partial charge in [0, 0.05) is 22.8 Å². The molecule has 3 aliphatic carbocycles. The predicted octanol–water partition coefficient (Wildman–Crippen LogP) is 7.08. The number of benzene rings is 5. The van der Waals surface area contributed by atoms with Crippen molar-refractivity contribution in [2.45, 2.75) is 17.9 Å². The summed E-state index contributed by atoms with van der Waals surface area (Å²) in [5.74, 6) is 0.860. The smallest absolute Gasteiger partial charge is 0.330 e. The highest BCUT2D eigenvalue weighted by Gasteiger charge is 2.56. The van der Waals surface area contributed by atoms with Crippen molar-refractivity contribution in [3.05, 3.63) is 144 Å². The lowest BCUT2D eigenvalue weighted by Crippen LogP contribution is -2.50. The Morgan fingerprint density at radius 1 is 0.686 bits per heavy atom. The molecule has 5 aromatic rings. The molecule has 1 N–H and O–H groups in total. The van der Waals surface area contributed by atoms with Gasteiger partial charge in [-0.1, -0.05) is 79.4 Å². The standard InChI is InChI=1S/C42H38O9/c1-2-40(43)49-23-21-46-20-22-47-38-18-19-39(32-14-7-6-13-31(32)38)48-24-25-50-41(44)37-27-33-30-12-8-9-15-35(30)42(37,45)36-17-16-29(26-34(33)36)51-28-10-4-3-5-11-28/h2-19,26,33,37,45H,1,20-25,27H2. The Hall–Kier alpha value is -5.64. The van der Waals surface area contributed by atoms with Gasteiger partial charge in [-0.3, -0.25) is 4.79 Å². The Labute approximate surface area is 295 Å². The van der Waals surface area contributed by atoms with Crippen LogP contribution in [0, 0.1) is 5.92 Å². The van der Waals surface area contributed by atoms with Gasteiger partial charge in [-0.2, -0.15) is 0 Å². The average Bonchev–Trinajstić information content (AvgIpc) is 3.17. The largest absolute Gasteiger partial charge is 0.491 e. The zero-order valence-corrected chi connectivity index (χ0v) is 28.0. The molecule has 51 heavy (non-hydrogen) atoms. The molecule has 0 spiro atoms. The first-order valence-electron chi connectivity index (χ1n) is 17.0. The zero-order valence-electron chi connectivity index (χ0n) is 28.0. The quantitative estimate of drug-likeness (QED) is 0.0702. The second-order valence-corrected chi connectivity index (χ2v) is 12.3. The van der Waals surface area contributed by atoms with Gasteiger partial charge in [-0.05, 0) is 65.1 Å². The molecule has 0 radical (unpaired) electrons. The van der Waals surface area contributed by atoms with E-state index in [9.17, 15) is 14.7 Å². The Kier molecular flexibility index (Phi) is 10.0. The summed E-state index contributed by atoms with van der Waals surface area (Å²) in [5.41, 5.74) is 1.85. The molecule has 3 atom stereocenters. The number of para-hydroxylation sites is 1. The fourth-order valence-corrected chi connectivity index (χ4v) is 7.09. The van der Waals surface area contributed by atoms with Gasteiger partial charge in [0.2, 0.25) is 0 Å². The average molecular weight is 687 g/mol. The third-order valence-corrected chi connectivity index (χ3v) is 9.35. The second kappa shape index (κ2) is 15.1. The monoisotopic (exact) mass is 686 g/mol. The van der Waals surface area contributed by atoms with Crippen LogP contribution in [0.2, 0.25) is 0 Å². The van der Waals surface area contributed by atoms with E-state index in [1.165, 1.54) is 0 Å². The lowest BCUT2D eigenvalue weighted by Gasteiger charge is -2.50. The van der Waals surface area contributed by atoms with Gasteiger partial charge in [-0.15, -0.1) is 0 Å². The first-order valence-corrected chi connectivity index (χ1v) is 17.0. The molecule has 8 rings (SSSR count). The van der Waals surface area contributed by atoms with Crippen molar-refractivity contribution < 1.29 is 43.1 Å². The highest BCUT2D eigenvalue weighted by atomic mass is 16.6. The van der Waals surface area contributed by atoms with Gasteiger partial charge >= 0.3 is 11.9 Å². The summed E-state index contributed by atoms with van der Waals surface area (Å²) >= 11 is 0. The van der Waals surface area contributed by atoms with E-state index >= 15 is 0 Å². The first kappa shape index (κ1) is 33.8. The minimum absolute atomic E-state index is 0.0144. The highest BCUT2D eigenvalue weighted by Crippen LogP contribution is 2.58. The lowest BCUT2D eigenvalue weighted by molar-refractivity contribution is -0.160. The molecule has 0 aliphatic heterocycles. The van der Waals surface area contributed by atoms with Gasteiger partial charge in [0.15, 0.2) is 0 Å². The topological polar surface area (TPSA) is 110 Å². The van der Waals surface area contributed by atoms with Crippen LogP contribution in [0.5, 0.6) is 23.0 Å². The highest BCUT2D eigenvalue weighted by molar-refractivity contribution is 5.93. The van der Waals surface area contributed by atoms with Crippen LogP contribution in [0.15, 0.2) is 122 Å². The molecule has 0 saturated heterocycles. The third-order valence-electron chi connectivity index (χ3n) is 9.35. The van der Waals surface area contributed by atoms with Crippen LogP contribution in [0.1, 0.15) is 34.6 Å². The van der Waals surface area contributed by atoms with E-state index < -0.39 is 23.5 Å². The van der Waals surface area contributed by atoms with Gasteiger partial charge in [0.1, 0.15) is 55.0 Å². The Morgan fingerprint density at radius 2 is 1.31 bits per heavy atom. The fraction of sp³-hybridized carbons (Fsp3) is 0.238. The van der Waals surface area contributed by atoms with Crippen molar-refractivity contribution in [2.24, 2.45) is 5.92 Å². The van der Waals surface area contributed by atoms with Crippen molar-refractivity contribution in [3.8, 4) is 23.0 Å². The summed E-state index contributed by atoms with van der Waals surface area (Å²) in [7, 11) is 0. The molecule has 9 heteroatoms. The van der Waals surface area contributed by atoms with Crippen LogP contribution >= 0.6 is 0 Å². The van der Waals surface area contributed by atoms with Crippen molar-refractivity contribution >= 4 is 22.7 Å². The summed E-state index contributed by atoms with van der Waals surface area (Å²) in [5, 5.41) is 14.2. The normalized spacial score (nSPS) is 18.3. The lowest BCUT2D eigenvalue weighted by atomic mass is 9.56. The molecule has 5 aromatic carbocycles. The van der Waals surface area contributed by atoms with Crippen LogP contribution in [0.25, 0.3) is 10.8 Å². The number of carbonyl (C=O) groups excluding carboxylic acids is 2. The van der Waals surface area contributed by atoms with Gasteiger partial charge < -0.3 is 33.5 Å². The molecule has 0 aromatic heterocycles. The molecule has 0 amide bonds. The number of rotatable bonds is 15. The molecular weight excluding hydrogens is 648 g/mol. The first-order chi connectivity index (χ1) is 25.0. The molecule has 2 bridgehead atoms. The number of aliphatic hydroxyl groups is 1. The number of hydrogen-bond acceptors (Lipinski definition) is 9. The van der Waals surface area contributed by atoms with Crippen LogP contribution in [0.4, 0.5) is 0 Å². The number of carbonyl (C=O) groups is 2. The Morgan fingerprint density at radius 3 is 2.06 bits per heavy atom. The minimum atomic E-state index is -1.54. The summed E-state index contributed by atoms with van der Waals surface area (Å²) in [6.07, 6.45) is 1.52. The number of hydrogen-bond donors (Lipinski definition) is 1. The molecule has 0 heterocycles. The molecule has 3 aliphatic rings. The summed E-state index contributed by atoms with van der Waals surface area (Å²) < 4.78 is 34.3. The van der Waals surface area contributed by atoms with Crippen LogP contribution < -0.4 is 14.2 Å². The number of ether oxygens (including phenoxy) is 6. The van der Waals surface area contributed by atoms with Gasteiger partial charge in [-0.25, -0.2) is 4.79 Å². The molecular formula is C42H38O9. The maximum Gasteiger partial charge on any atom is 0.330 e. The Bertz CT molecular complexity index is 2040. The van der Waals surface area contributed by atoms with E-state index in [0.717, 1.165) is 39.3 Å². The third kappa shape index (κ3) is 6.91. The Balaban J connectivity index is 0.979. The van der Waals surface area contributed by atoms with E-state index in [1.54, 1.807) is 0 Å². The minimum Gasteiger partial charge on any atom is -0.491 e. The molecule has 0 saturated carbocycles. The van der Waals surface area contributed by atoms with Crippen LogP contribution in [0.3, 0.4) is 0 Å². The summed E-state index contributed by atoms with van der Waals surface area (Å²) in [6, 6.07) is 34.4. The van der Waals surface area contributed by atoms with E-state index in [2.05, 4.69) is 6.58 Å².